The smallest absolute Gasteiger partial charge is 0.118 e. The monoisotopic (exact) mass is 144 g/mol. The average Bonchev–Trinajstić information content (AvgIpc) is 2.16. The Hall–Kier alpha value is -0.150. The molecule has 2 saturated heterocycles. The van der Waals surface area contributed by atoms with Gasteiger partial charge in [-0.1, -0.05) is 0 Å². The molecule has 1 N–H and O–H groups in total. The lowest BCUT2D eigenvalue weighted by Gasteiger charge is -2.31. The number of halogens is 1. The van der Waals surface area contributed by atoms with Crippen LogP contribution in [0.4, 0.5) is 4.39 Å². The Morgan fingerprint density at radius 1 is 1.50 bits per heavy atom. The van der Waals surface area contributed by atoms with Crippen molar-refractivity contribution in [2.45, 2.75) is 24.7 Å². The lowest BCUT2D eigenvalue weighted by molar-refractivity contribution is 0.164. The van der Waals surface area contributed by atoms with E-state index in [-0.39, 0.29) is 6.04 Å². The Morgan fingerprint density at radius 3 is 2.90 bits per heavy atom. The summed E-state index contributed by atoms with van der Waals surface area (Å²) in [5.41, 5.74) is 0. The highest BCUT2D eigenvalue weighted by Crippen LogP contribution is 2.27. The molecule has 2 aliphatic rings. The highest BCUT2D eigenvalue weighted by Gasteiger charge is 2.41. The summed E-state index contributed by atoms with van der Waals surface area (Å²) < 4.78 is 13.0. The fourth-order valence-corrected chi connectivity index (χ4v) is 2.01. The normalized spacial score (nSPS) is 48.0. The van der Waals surface area contributed by atoms with E-state index < -0.39 is 6.17 Å². The lowest BCUT2D eigenvalue weighted by atomic mass is 10.2. The van der Waals surface area contributed by atoms with Crippen molar-refractivity contribution in [1.82, 2.24) is 10.2 Å². The molecular formula is C7H13FN2. The minimum atomic E-state index is -0.593. The molecule has 2 aliphatic heterocycles. The van der Waals surface area contributed by atoms with Gasteiger partial charge in [0.2, 0.25) is 0 Å². The molecule has 2 fully saturated rings. The molecule has 2 rings (SSSR count). The number of rotatable bonds is 0. The van der Waals surface area contributed by atoms with E-state index in [1.165, 1.54) is 0 Å². The second-order valence-corrected chi connectivity index (χ2v) is 3.30. The van der Waals surface area contributed by atoms with Crippen LogP contribution in [0.1, 0.15) is 6.42 Å². The van der Waals surface area contributed by atoms with Gasteiger partial charge in [-0.15, -0.1) is 0 Å². The first kappa shape index (κ1) is 6.55. The molecule has 2 bridgehead atoms. The molecule has 0 amide bonds. The van der Waals surface area contributed by atoms with Crippen molar-refractivity contribution in [3.8, 4) is 0 Å². The van der Waals surface area contributed by atoms with Crippen LogP contribution in [0.5, 0.6) is 0 Å². The Kier molecular flexibility index (Phi) is 1.42. The first-order valence-electron chi connectivity index (χ1n) is 3.86. The molecule has 0 saturated carbocycles. The maximum Gasteiger partial charge on any atom is 0.118 e. The predicted octanol–water partition coefficient (Wildman–Crippen LogP) is 0.000400. The summed E-state index contributed by atoms with van der Waals surface area (Å²) in [5.74, 6) is 0. The molecule has 3 atom stereocenters. The van der Waals surface area contributed by atoms with E-state index in [1.54, 1.807) is 0 Å². The SMILES string of the molecule is CN1C2CNC[C@H]1CC2F. The van der Waals surface area contributed by atoms with Crippen molar-refractivity contribution in [2.75, 3.05) is 20.1 Å². The van der Waals surface area contributed by atoms with Crippen molar-refractivity contribution in [2.24, 2.45) is 0 Å². The Bertz CT molecular complexity index is 140. The third kappa shape index (κ3) is 0.772. The van der Waals surface area contributed by atoms with Crippen molar-refractivity contribution >= 4 is 0 Å². The maximum atomic E-state index is 13.0. The summed E-state index contributed by atoms with van der Waals surface area (Å²) >= 11 is 0. The molecule has 0 aromatic heterocycles. The van der Waals surface area contributed by atoms with Crippen molar-refractivity contribution < 1.29 is 4.39 Å². The van der Waals surface area contributed by atoms with Crippen molar-refractivity contribution in [1.29, 1.82) is 0 Å². The van der Waals surface area contributed by atoms with Gasteiger partial charge in [0.1, 0.15) is 6.17 Å². The van der Waals surface area contributed by atoms with Gasteiger partial charge in [0.15, 0.2) is 0 Å². The maximum absolute atomic E-state index is 13.0. The average molecular weight is 144 g/mol. The van der Waals surface area contributed by atoms with E-state index in [4.69, 9.17) is 0 Å². The van der Waals surface area contributed by atoms with Crippen LogP contribution in [0.3, 0.4) is 0 Å². The van der Waals surface area contributed by atoms with Gasteiger partial charge in [0.05, 0.1) is 6.04 Å². The van der Waals surface area contributed by atoms with Gasteiger partial charge >= 0.3 is 0 Å². The second-order valence-electron chi connectivity index (χ2n) is 3.30. The molecule has 0 spiro atoms. The number of alkyl halides is 1. The minimum absolute atomic E-state index is 0.152. The van der Waals surface area contributed by atoms with E-state index in [0.29, 0.717) is 6.04 Å². The number of nitrogens with one attached hydrogen (secondary N) is 1. The molecule has 3 heteroatoms. The van der Waals surface area contributed by atoms with Gasteiger partial charge in [-0.05, 0) is 13.5 Å². The van der Waals surface area contributed by atoms with Crippen LogP contribution in [-0.4, -0.2) is 43.3 Å². The largest absolute Gasteiger partial charge is 0.314 e. The lowest BCUT2D eigenvalue weighted by Crippen LogP contribution is -2.50. The molecule has 0 radical (unpaired) electrons. The zero-order valence-electron chi connectivity index (χ0n) is 6.18. The van der Waals surface area contributed by atoms with Gasteiger partial charge in [-0.2, -0.15) is 0 Å². The van der Waals surface area contributed by atoms with Crippen molar-refractivity contribution in [3.63, 3.8) is 0 Å². The summed E-state index contributed by atoms with van der Waals surface area (Å²) in [6, 6.07) is 0.604. The number of nitrogens with zero attached hydrogens (tertiary/aromatic N) is 1. The number of fused-ring (bicyclic) bond motifs is 2. The fourth-order valence-electron chi connectivity index (χ4n) is 2.01. The van der Waals surface area contributed by atoms with Crippen molar-refractivity contribution in [3.05, 3.63) is 0 Å². The van der Waals surface area contributed by atoms with Gasteiger partial charge < -0.3 is 5.32 Å². The van der Waals surface area contributed by atoms with Crippen LogP contribution >= 0.6 is 0 Å². The molecule has 58 valence electrons. The third-order valence-corrected chi connectivity index (χ3v) is 2.75. The number of likely N-dealkylation sites (N-methyl/N-ethyl adjacent to an activating group) is 1. The van der Waals surface area contributed by atoms with E-state index >= 15 is 0 Å². The molecular weight excluding hydrogens is 131 g/mol. The molecule has 2 heterocycles. The molecule has 2 nitrogen and oxygen atoms in total. The van der Waals surface area contributed by atoms with Crippen LogP contribution in [-0.2, 0) is 0 Å². The molecule has 0 aliphatic carbocycles. The van der Waals surface area contributed by atoms with Gasteiger partial charge in [-0.3, -0.25) is 4.90 Å². The summed E-state index contributed by atoms with van der Waals surface area (Å²) in [6.07, 6.45) is 0.138. The Labute approximate surface area is 60.4 Å². The van der Waals surface area contributed by atoms with E-state index in [2.05, 4.69) is 10.2 Å². The number of hydrogen-bond acceptors (Lipinski definition) is 2. The quantitative estimate of drug-likeness (QED) is 0.515. The van der Waals surface area contributed by atoms with E-state index in [0.717, 1.165) is 19.5 Å². The van der Waals surface area contributed by atoms with E-state index in [9.17, 15) is 4.39 Å². The van der Waals surface area contributed by atoms with Gasteiger partial charge in [0, 0.05) is 19.1 Å². The fraction of sp³-hybridized carbons (Fsp3) is 1.00. The number of piperazine rings is 1. The molecule has 10 heavy (non-hydrogen) atoms. The first-order valence-corrected chi connectivity index (χ1v) is 3.86. The summed E-state index contributed by atoms with van der Waals surface area (Å²) in [5, 5.41) is 3.23. The molecule has 2 unspecified atom stereocenters. The second kappa shape index (κ2) is 2.17. The van der Waals surface area contributed by atoms with Crippen LogP contribution in [0.25, 0.3) is 0 Å². The highest BCUT2D eigenvalue weighted by atomic mass is 19.1. The minimum Gasteiger partial charge on any atom is -0.314 e. The molecule has 0 aromatic rings. The third-order valence-electron chi connectivity index (χ3n) is 2.75. The van der Waals surface area contributed by atoms with Crippen LogP contribution in [0.2, 0.25) is 0 Å². The van der Waals surface area contributed by atoms with Crippen LogP contribution in [0.15, 0.2) is 0 Å². The van der Waals surface area contributed by atoms with Gasteiger partial charge in [-0.25, -0.2) is 4.39 Å². The Balaban J connectivity index is 2.14. The molecule has 0 aromatic carbocycles. The zero-order chi connectivity index (χ0) is 7.14. The first-order chi connectivity index (χ1) is 4.79. The van der Waals surface area contributed by atoms with Crippen LogP contribution < -0.4 is 5.32 Å². The van der Waals surface area contributed by atoms with E-state index in [1.807, 2.05) is 7.05 Å². The highest BCUT2D eigenvalue weighted by molar-refractivity contribution is 4.98. The van der Waals surface area contributed by atoms with Crippen LogP contribution in [0, 0.1) is 0 Å². The topological polar surface area (TPSA) is 15.3 Å². The summed E-state index contributed by atoms with van der Waals surface area (Å²) in [7, 11) is 2.02. The standard InChI is InChI=1S/C7H13FN2/c1-10-5-2-6(8)7(10)4-9-3-5/h5-7,9H,2-4H2,1H3/t5-,6?,7?/m1/s1. The summed E-state index contributed by atoms with van der Waals surface area (Å²) in [6.45, 7) is 1.79. The number of hydrogen-bond donors (Lipinski definition) is 1. The summed E-state index contributed by atoms with van der Waals surface area (Å²) in [4.78, 5) is 2.17. The predicted molar refractivity (Wildman–Crippen MR) is 37.7 cm³/mol. The zero-order valence-corrected chi connectivity index (χ0v) is 6.18. The van der Waals surface area contributed by atoms with Gasteiger partial charge in [0.25, 0.3) is 0 Å². The Morgan fingerprint density at radius 2 is 2.30 bits per heavy atom.